The zero-order valence-electron chi connectivity index (χ0n) is 26.2. The lowest BCUT2D eigenvalue weighted by atomic mass is 10.2. The Morgan fingerprint density at radius 3 is 2.22 bits per heavy atom. The minimum absolute atomic E-state index is 0.0359. The van der Waals surface area contributed by atoms with E-state index < -0.39 is 33.7 Å². The summed E-state index contributed by atoms with van der Waals surface area (Å²) in [7, 11) is 0.820. The largest absolute Gasteiger partial charge is 0.495 e. The molecular weight excluding hydrogens is 600 g/mol. The molecular formula is C31H40N6O7S. The molecule has 0 heterocycles. The molecule has 3 aromatic rings. The Balaban J connectivity index is 1.65. The number of nitrogens with one attached hydrogen (secondary N) is 5. The maximum atomic E-state index is 13.4. The predicted molar refractivity (Wildman–Crippen MR) is 175 cm³/mol. The number of sulfonamides is 1. The summed E-state index contributed by atoms with van der Waals surface area (Å²) in [6.07, 6.45) is -0.125. The average molecular weight is 641 g/mol. The van der Waals surface area contributed by atoms with Crippen molar-refractivity contribution in [2.24, 2.45) is 0 Å². The number of amides is 4. The topological polar surface area (TPSA) is 167 Å². The number of carbonyl (C=O) groups excluding carboxylic acids is 3. The number of para-hydroxylation sites is 2. The van der Waals surface area contributed by atoms with Gasteiger partial charge in [0.05, 0.1) is 24.2 Å². The highest BCUT2D eigenvalue weighted by molar-refractivity contribution is 7.92. The fraction of sp³-hybridized carbons (Fsp3) is 0.323. The van der Waals surface area contributed by atoms with Gasteiger partial charge >= 0.3 is 12.1 Å². The molecule has 14 heteroatoms. The highest BCUT2D eigenvalue weighted by atomic mass is 32.2. The van der Waals surface area contributed by atoms with E-state index in [9.17, 15) is 22.8 Å². The molecule has 3 aromatic carbocycles. The number of ether oxygens (including phenoxy) is 2. The maximum Gasteiger partial charge on any atom is 0.407 e. The predicted octanol–water partition coefficient (Wildman–Crippen LogP) is 4.85. The minimum Gasteiger partial charge on any atom is -0.495 e. The Morgan fingerprint density at radius 2 is 1.53 bits per heavy atom. The van der Waals surface area contributed by atoms with Crippen molar-refractivity contribution >= 4 is 50.8 Å². The van der Waals surface area contributed by atoms with Crippen LogP contribution in [0.1, 0.15) is 37.6 Å². The first-order valence-electron chi connectivity index (χ1n) is 14.1. The third-order valence-corrected chi connectivity index (χ3v) is 7.43. The molecule has 45 heavy (non-hydrogen) atoms. The zero-order valence-corrected chi connectivity index (χ0v) is 27.0. The van der Waals surface area contributed by atoms with Gasteiger partial charge in [0.25, 0.3) is 15.9 Å². The summed E-state index contributed by atoms with van der Waals surface area (Å²) in [6, 6.07) is 17.0. The van der Waals surface area contributed by atoms with E-state index in [1.807, 2.05) is 31.1 Å². The van der Waals surface area contributed by atoms with Crippen LogP contribution in [0.5, 0.6) is 5.75 Å². The number of rotatable bonds is 12. The van der Waals surface area contributed by atoms with Crippen LogP contribution in [0, 0.1) is 0 Å². The summed E-state index contributed by atoms with van der Waals surface area (Å²) in [5.41, 5.74) is 1.42. The van der Waals surface area contributed by atoms with Gasteiger partial charge in [0.15, 0.2) is 0 Å². The van der Waals surface area contributed by atoms with Gasteiger partial charge in [-0.15, -0.1) is 0 Å². The molecule has 0 spiro atoms. The van der Waals surface area contributed by atoms with Crippen LogP contribution >= 0.6 is 0 Å². The zero-order chi connectivity index (χ0) is 33.2. The number of urea groups is 1. The molecule has 3 rings (SSSR count). The second-order valence-corrected chi connectivity index (χ2v) is 12.7. The summed E-state index contributed by atoms with van der Waals surface area (Å²) >= 11 is 0. The molecule has 0 saturated heterocycles. The third kappa shape index (κ3) is 10.6. The SMILES string of the molecule is COc1ccc(C(=O)NCCCNC(=O)OC(C)(C)C)cc1S(=O)(=O)Nc1cccc(NC(=O)Nc2ccccc2N(C)C)c1. The number of alkyl carbamates (subject to hydrolysis) is 1. The number of benzene rings is 3. The molecule has 0 atom stereocenters. The molecule has 0 radical (unpaired) electrons. The van der Waals surface area contributed by atoms with Crippen LogP contribution in [-0.2, 0) is 14.8 Å². The van der Waals surface area contributed by atoms with Crippen LogP contribution in [0.2, 0.25) is 0 Å². The molecule has 0 bridgehead atoms. The lowest BCUT2D eigenvalue weighted by Gasteiger charge is -2.19. The lowest BCUT2D eigenvalue weighted by Crippen LogP contribution is -2.34. The highest BCUT2D eigenvalue weighted by Crippen LogP contribution is 2.28. The fourth-order valence-electron chi connectivity index (χ4n) is 4.05. The number of hydrogen-bond donors (Lipinski definition) is 5. The van der Waals surface area contributed by atoms with Crippen molar-refractivity contribution in [3.05, 3.63) is 72.3 Å². The number of anilines is 4. The van der Waals surface area contributed by atoms with Crippen molar-refractivity contribution in [2.75, 3.05) is 54.6 Å². The molecule has 13 nitrogen and oxygen atoms in total. The Morgan fingerprint density at radius 1 is 0.844 bits per heavy atom. The Bertz CT molecular complexity index is 1620. The molecule has 0 aromatic heterocycles. The highest BCUT2D eigenvalue weighted by Gasteiger charge is 2.22. The van der Waals surface area contributed by atoms with Crippen LogP contribution in [-0.4, -0.2) is 66.3 Å². The molecule has 0 saturated carbocycles. The van der Waals surface area contributed by atoms with E-state index >= 15 is 0 Å². The molecule has 0 unspecified atom stereocenters. The average Bonchev–Trinajstić information content (AvgIpc) is 2.95. The van der Waals surface area contributed by atoms with Crippen molar-refractivity contribution in [2.45, 2.75) is 37.7 Å². The van der Waals surface area contributed by atoms with Crippen molar-refractivity contribution in [3.8, 4) is 5.75 Å². The first kappa shape index (κ1) is 34.5. The summed E-state index contributed by atoms with van der Waals surface area (Å²) in [6.45, 7) is 5.79. The van der Waals surface area contributed by atoms with Gasteiger partial charge in [0, 0.05) is 38.4 Å². The molecule has 0 fully saturated rings. The first-order valence-corrected chi connectivity index (χ1v) is 15.6. The quantitative estimate of drug-likeness (QED) is 0.175. The normalized spacial score (nSPS) is 11.2. The molecule has 4 amide bonds. The van der Waals surface area contributed by atoms with Gasteiger partial charge in [-0.05, 0) is 75.7 Å². The van der Waals surface area contributed by atoms with Crippen molar-refractivity contribution in [1.82, 2.24) is 10.6 Å². The number of methoxy groups -OCH3 is 1. The van der Waals surface area contributed by atoms with Gasteiger partial charge in [-0.2, -0.15) is 0 Å². The van der Waals surface area contributed by atoms with Crippen molar-refractivity contribution in [1.29, 1.82) is 0 Å². The molecule has 0 aliphatic carbocycles. The van der Waals surface area contributed by atoms with Gasteiger partial charge in [-0.25, -0.2) is 18.0 Å². The third-order valence-electron chi connectivity index (χ3n) is 6.03. The summed E-state index contributed by atoms with van der Waals surface area (Å²) < 4.78 is 39.7. The number of carbonyl (C=O) groups is 3. The van der Waals surface area contributed by atoms with Gasteiger partial charge < -0.3 is 35.6 Å². The van der Waals surface area contributed by atoms with E-state index in [1.54, 1.807) is 45.0 Å². The van der Waals surface area contributed by atoms with E-state index in [0.29, 0.717) is 17.8 Å². The molecule has 5 N–H and O–H groups in total. The van der Waals surface area contributed by atoms with Gasteiger partial charge in [0.2, 0.25) is 0 Å². The van der Waals surface area contributed by atoms with Crippen LogP contribution in [0.4, 0.5) is 32.3 Å². The summed E-state index contributed by atoms with van der Waals surface area (Å²) in [4.78, 5) is 38.8. The van der Waals surface area contributed by atoms with Gasteiger partial charge in [-0.3, -0.25) is 9.52 Å². The summed E-state index contributed by atoms with van der Waals surface area (Å²) in [5, 5.41) is 10.8. The standard InChI is InChI=1S/C31H40N6O7S/c1-31(2,3)44-30(40)33-18-10-17-32-28(38)21-15-16-26(43-6)27(19-21)45(41,42)36-23-12-9-11-22(20-23)34-29(39)35-24-13-7-8-14-25(24)37(4)5/h7-9,11-16,19-20,36H,10,17-18H2,1-6H3,(H,32,38)(H,33,40)(H2,34,35,39). The van der Waals surface area contributed by atoms with E-state index in [0.717, 1.165) is 5.69 Å². The van der Waals surface area contributed by atoms with E-state index in [4.69, 9.17) is 9.47 Å². The Labute approximate surface area is 263 Å². The Hall–Kier alpha value is -4.98. The smallest absolute Gasteiger partial charge is 0.407 e. The first-order chi connectivity index (χ1) is 21.2. The number of nitrogens with zero attached hydrogens (tertiary/aromatic N) is 1. The van der Waals surface area contributed by atoms with Gasteiger partial charge in [-0.1, -0.05) is 18.2 Å². The van der Waals surface area contributed by atoms with Crippen molar-refractivity contribution in [3.63, 3.8) is 0 Å². The van der Waals surface area contributed by atoms with Crippen LogP contribution in [0.15, 0.2) is 71.6 Å². The van der Waals surface area contributed by atoms with Crippen LogP contribution < -0.4 is 35.6 Å². The van der Waals surface area contributed by atoms with E-state index in [-0.39, 0.29) is 35.0 Å². The van der Waals surface area contributed by atoms with Crippen LogP contribution in [0.3, 0.4) is 0 Å². The monoisotopic (exact) mass is 640 g/mol. The summed E-state index contributed by atoms with van der Waals surface area (Å²) in [5.74, 6) is -0.465. The fourth-order valence-corrected chi connectivity index (χ4v) is 5.30. The molecule has 242 valence electrons. The van der Waals surface area contributed by atoms with Gasteiger partial charge in [0.1, 0.15) is 16.2 Å². The van der Waals surface area contributed by atoms with Crippen molar-refractivity contribution < 1.29 is 32.3 Å². The van der Waals surface area contributed by atoms with E-state index in [1.165, 1.54) is 37.4 Å². The molecule has 0 aliphatic heterocycles. The minimum atomic E-state index is -4.22. The second kappa shape index (κ2) is 15.1. The maximum absolute atomic E-state index is 13.4. The van der Waals surface area contributed by atoms with E-state index in [2.05, 4.69) is 26.0 Å². The lowest BCUT2D eigenvalue weighted by molar-refractivity contribution is 0.0527. The molecule has 0 aliphatic rings. The van der Waals surface area contributed by atoms with Crippen LogP contribution in [0.25, 0.3) is 0 Å². The number of hydrogen-bond acceptors (Lipinski definition) is 8. The Kier molecular flexibility index (Phi) is 11.6. The second-order valence-electron chi connectivity index (χ2n) is 11.1.